The van der Waals surface area contributed by atoms with Crippen LogP contribution in [0.15, 0.2) is 103 Å². The van der Waals surface area contributed by atoms with E-state index in [0.717, 1.165) is 31.2 Å². The van der Waals surface area contributed by atoms with Crippen LogP contribution in [0.4, 0.5) is 0 Å². The SMILES string of the molecule is O=C(NC(Cc1ccccc1)C(=O)O[C@H]1CCCC[C@@H]1c1cccc2ccccc12)c1ccccc1. The third-order valence-corrected chi connectivity index (χ3v) is 7.10. The summed E-state index contributed by atoms with van der Waals surface area (Å²) in [6, 6.07) is 32.7. The van der Waals surface area contributed by atoms with Crippen LogP contribution < -0.4 is 5.32 Å². The number of carbonyl (C=O) groups is 2. The normalized spacial score (nSPS) is 18.3. The first-order valence-corrected chi connectivity index (χ1v) is 12.8. The molecule has 0 radical (unpaired) electrons. The van der Waals surface area contributed by atoms with Gasteiger partial charge in [0.2, 0.25) is 0 Å². The third kappa shape index (κ3) is 5.49. The van der Waals surface area contributed by atoms with Gasteiger partial charge in [-0.2, -0.15) is 0 Å². The fourth-order valence-corrected chi connectivity index (χ4v) is 5.27. The molecule has 1 aliphatic rings. The lowest BCUT2D eigenvalue weighted by atomic mass is 9.80. The van der Waals surface area contributed by atoms with Crippen LogP contribution in [0.2, 0.25) is 0 Å². The molecule has 0 aliphatic heterocycles. The zero-order valence-corrected chi connectivity index (χ0v) is 20.3. The Morgan fingerprint density at radius 2 is 1.44 bits per heavy atom. The van der Waals surface area contributed by atoms with Crippen molar-refractivity contribution in [1.29, 1.82) is 0 Å². The lowest BCUT2D eigenvalue weighted by Gasteiger charge is -2.33. The van der Waals surface area contributed by atoms with Gasteiger partial charge in [-0.15, -0.1) is 0 Å². The maximum atomic E-state index is 13.6. The average molecular weight is 478 g/mol. The van der Waals surface area contributed by atoms with Crippen molar-refractivity contribution in [2.24, 2.45) is 0 Å². The Balaban J connectivity index is 1.38. The predicted molar refractivity (Wildman–Crippen MR) is 143 cm³/mol. The summed E-state index contributed by atoms with van der Waals surface area (Å²) in [5, 5.41) is 5.35. The van der Waals surface area contributed by atoms with E-state index in [2.05, 4.69) is 41.7 Å². The molecule has 4 aromatic rings. The summed E-state index contributed by atoms with van der Waals surface area (Å²) >= 11 is 0. The molecule has 1 saturated carbocycles. The van der Waals surface area contributed by atoms with E-state index in [4.69, 9.17) is 4.74 Å². The molecule has 1 fully saturated rings. The van der Waals surface area contributed by atoms with E-state index in [1.165, 1.54) is 16.3 Å². The van der Waals surface area contributed by atoms with Crippen molar-refractivity contribution in [3.05, 3.63) is 120 Å². The monoisotopic (exact) mass is 477 g/mol. The first-order valence-electron chi connectivity index (χ1n) is 12.8. The first-order chi connectivity index (χ1) is 17.7. The molecule has 5 rings (SSSR count). The highest BCUT2D eigenvalue weighted by molar-refractivity contribution is 5.96. The molecular formula is C32H31NO3. The van der Waals surface area contributed by atoms with Gasteiger partial charge in [0.15, 0.2) is 0 Å². The Kier molecular flexibility index (Phi) is 7.41. The van der Waals surface area contributed by atoms with Crippen molar-refractivity contribution >= 4 is 22.6 Å². The van der Waals surface area contributed by atoms with Crippen LogP contribution in [0.5, 0.6) is 0 Å². The number of nitrogens with one attached hydrogen (secondary N) is 1. The van der Waals surface area contributed by atoms with E-state index in [1.807, 2.05) is 54.6 Å². The Morgan fingerprint density at radius 3 is 2.25 bits per heavy atom. The van der Waals surface area contributed by atoms with Gasteiger partial charge in [0, 0.05) is 17.9 Å². The molecule has 182 valence electrons. The summed E-state index contributed by atoms with van der Waals surface area (Å²) in [6.45, 7) is 0. The largest absolute Gasteiger partial charge is 0.460 e. The van der Waals surface area contributed by atoms with Crippen molar-refractivity contribution in [1.82, 2.24) is 5.32 Å². The minimum absolute atomic E-state index is 0.135. The number of fused-ring (bicyclic) bond motifs is 1. The topological polar surface area (TPSA) is 55.4 Å². The smallest absolute Gasteiger partial charge is 0.329 e. The van der Waals surface area contributed by atoms with E-state index in [0.29, 0.717) is 12.0 Å². The number of rotatable bonds is 7. The molecule has 36 heavy (non-hydrogen) atoms. The second-order valence-corrected chi connectivity index (χ2v) is 9.52. The van der Waals surface area contributed by atoms with E-state index in [1.54, 1.807) is 12.1 Å². The Hall–Kier alpha value is -3.92. The summed E-state index contributed by atoms with van der Waals surface area (Å²) in [7, 11) is 0. The van der Waals surface area contributed by atoms with Crippen molar-refractivity contribution < 1.29 is 14.3 Å². The Morgan fingerprint density at radius 1 is 0.778 bits per heavy atom. The predicted octanol–water partition coefficient (Wildman–Crippen LogP) is 6.45. The van der Waals surface area contributed by atoms with Crippen LogP contribution in [0, 0.1) is 0 Å². The Labute approximate surface area is 212 Å². The molecule has 0 bridgehead atoms. The van der Waals surface area contributed by atoms with E-state index in [9.17, 15) is 9.59 Å². The summed E-state index contributed by atoms with van der Waals surface area (Å²) in [5.41, 5.74) is 2.73. The maximum Gasteiger partial charge on any atom is 0.329 e. The number of amides is 1. The summed E-state index contributed by atoms with van der Waals surface area (Å²) < 4.78 is 6.22. The molecule has 3 atom stereocenters. The van der Waals surface area contributed by atoms with Gasteiger partial charge in [-0.3, -0.25) is 4.79 Å². The standard InChI is InChI=1S/C32H31NO3/c34-31(25-15-5-2-6-16-25)33-29(22-23-12-3-1-4-13-23)32(35)36-30-21-10-9-19-28(30)27-20-11-17-24-14-7-8-18-26(24)27/h1-8,11-18,20,28-30H,9-10,19,21-22H2,(H,33,34)/t28-,29?,30+/m1/s1. The zero-order chi connectivity index (χ0) is 24.7. The maximum absolute atomic E-state index is 13.6. The average Bonchev–Trinajstić information content (AvgIpc) is 2.94. The highest BCUT2D eigenvalue weighted by atomic mass is 16.5. The molecule has 1 unspecified atom stereocenters. The van der Waals surface area contributed by atoms with Crippen LogP contribution >= 0.6 is 0 Å². The number of benzene rings is 4. The van der Waals surface area contributed by atoms with Gasteiger partial charge in [-0.05, 0) is 53.3 Å². The third-order valence-electron chi connectivity index (χ3n) is 7.10. The fraction of sp³-hybridized carbons (Fsp3) is 0.250. The van der Waals surface area contributed by atoms with E-state index in [-0.39, 0.29) is 23.9 Å². The van der Waals surface area contributed by atoms with Gasteiger partial charge >= 0.3 is 5.97 Å². The molecule has 1 amide bonds. The van der Waals surface area contributed by atoms with Crippen LogP contribution in [0.25, 0.3) is 10.8 Å². The second-order valence-electron chi connectivity index (χ2n) is 9.52. The summed E-state index contributed by atoms with van der Waals surface area (Å²) in [4.78, 5) is 26.5. The quantitative estimate of drug-likeness (QED) is 0.311. The summed E-state index contributed by atoms with van der Waals surface area (Å²) in [6.07, 6.45) is 4.10. The molecule has 0 heterocycles. The number of hydrogen-bond donors (Lipinski definition) is 1. The molecule has 0 spiro atoms. The molecule has 1 N–H and O–H groups in total. The van der Waals surface area contributed by atoms with Gasteiger partial charge < -0.3 is 10.1 Å². The van der Waals surface area contributed by atoms with Gasteiger partial charge in [0.1, 0.15) is 12.1 Å². The molecule has 1 aliphatic carbocycles. The molecule has 0 saturated heterocycles. The van der Waals surface area contributed by atoms with E-state index >= 15 is 0 Å². The van der Waals surface area contributed by atoms with Crippen molar-refractivity contribution in [3.8, 4) is 0 Å². The van der Waals surface area contributed by atoms with Crippen molar-refractivity contribution in [2.45, 2.75) is 50.2 Å². The van der Waals surface area contributed by atoms with Crippen LogP contribution in [-0.2, 0) is 16.0 Å². The van der Waals surface area contributed by atoms with Gasteiger partial charge in [0.05, 0.1) is 0 Å². The summed E-state index contributed by atoms with van der Waals surface area (Å²) in [5.74, 6) is -0.515. The number of carbonyl (C=O) groups excluding carboxylic acids is 2. The molecule has 0 aromatic heterocycles. The molecule has 4 heteroatoms. The molecule has 4 aromatic carbocycles. The first kappa shape index (κ1) is 23.8. The Bertz CT molecular complexity index is 1310. The van der Waals surface area contributed by atoms with Crippen LogP contribution in [0.1, 0.15) is 53.1 Å². The van der Waals surface area contributed by atoms with Crippen LogP contribution in [0.3, 0.4) is 0 Å². The van der Waals surface area contributed by atoms with E-state index < -0.39 is 6.04 Å². The number of hydrogen-bond acceptors (Lipinski definition) is 3. The van der Waals surface area contributed by atoms with Gasteiger partial charge in [0.25, 0.3) is 5.91 Å². The fourth-order valence-electron chi connectivity index (χ4n) is 5.27. The highest BCUT2D eigenvalue weighted by Crippen LogP contribution is 2.38. The lowest BCUT2D eigenvalue weighted by molar-refractivity contribution is -0.154. The van der Waals surface area contributed by atoms with Crippen LogP contribution in [-0.4, -0.2) is 24.0 Å². The second kappa shape index (κ2) is 11.2. The minimum Gasteiger partial charge on any atom is -0.460 e. The van der Waals surface area contributed by atoms with Crippen molar-refractivity contribution in [3.63, 3.8) is 0 Å². The minimum atomic E-state index is -0.768. The highest BCUT2D eigenvalue weighted by Gasteiger charge is 2.33. The van der Waals surface area contributed by atoms with Gasteiger partial charge in [-0.25, -0.2) is 4.79 Å². The number of ether oxygens (including phenoxy) is 1. The number of esters is 1. The zero-order valence-electron chi connectivity index (χ0n) is 20.3. The van der Waals surface area contributed by atoms with Gasteiger partial charge in [-0.1, -0.05) is 97.4 Å². The molecule has 4 nitrogen and oxygen atoms in total. The lowest BCUT2D eigenvalue weighted by Crippen LogP contribution is -2.45. The van der Waals surface area contributed by atoms with Crippen molar-refractivity contribution in [2.75, 3.05) is 0 Å². The molecular weight excluding hydrogens is 446 g/mol.